The van der Waals surface area contributed by atoms with Crippen molar-refractivity contribution in [2.24, 2.45) is 5.41 Å². The second kappa shape index (κ2) is 13.5. The second-order valence-electron chi connectivity index (χ2n) is 13.0. The van der Waals surface area contributed by atoms with E-state index in [4.69, 9.17) is 13.9 Å². The lowest BCUT2D eigenvalue weighted by Gasteiger charge is -2.52. The van der Waals surface area contributed by atoms with Crippen LogP contribution >= 0.6 is 11.3 Å². The van der Waals surface area contributed by atoms with Crippen LogP contribution in [0.3, 0.4) is 0 Å². The Morgan fingerprint density at radius 1 is 1.23 bits per heavy atom. The predicted molar refractivity (Wildman–Crippen MR) is 176 cm³/mol. The lowest BCUT2D eigenvalue weighted by atomic mass is 9.61. The number of carboxylic acid groups (broad SMARTS) is 1. The fourth-order valence-corrected chi connectivity index (χ4v) is 7.84. The first-order chi connectivity index (χ1) is 22.3. The summed E-state index contributed by atoms with van der Waals surface area (Å²) in [5.74, 6) is -0.965. The minimum Gasteiger partial charge on any atom is -0.496 e. The smallest absolute Gasteiger partial charge is 0.329 e. The number of methoxy groups -OCH3 is 1. The molecule has 47 heavy (non-hydrogen) atoms. The summed E-state index contributed by atoms with van der Waals surface area (Å²) < 4.78 is 18.1. The number of ether oxygens (including phenoxy) is 2. The fraction of sp³-hybridized carbons (Fsp3) is 0.500. The van der Waals surface area contributed by atoms with Gasteiger partial charge in [-0.25, -0.2) is 9.78 Å². The van der Waals surface area contributed by atoms with E-state index in [1.807, 2.05) is 41.1 Å². The van der Waals surface area contributed by atoms with Crippen LogP contribution in [-0.2, 0) is 19.1 Å². The van der Waals surface area contributed by atoms with Gasteiger partial charge in [-0.3, -0.25) is 19.3 Å². The molecule has 3 aromatic rings. The zero-order chi connectivity index (χ0) is 34.1. The van der Waals surface area contributed by atoms with Crippen molar-refractivity contribution >= 4 is 40.5 Å². The molecule has 3 heterocycles. The molecule has 1 aliphatic carbocycles. The van der Waals surface area contributed by atoms with Gasteiger partial charge in [-0.2, -0.15) is 0 Å². The first-order valence-corrected chi connectivity index (χ1v) is 16.4. The number of oxazole rings is 1. The zero-order valence-electron chi connectivity index (χ0n) is 27.6. The van der Waals surface area contributed by atoms with E-state index >= 15 is 0 Å². The number of carbonyl (C=O) groups excluding carboxylic acids is 3. The number of hydrogen-bond acceptors (Lipinski definition) is 10. The molecule has 0 bridgehead atoms. The van der Waals surface area contributed by atoms with Gasteiger partial charge in [0.2, 0.25) is 18.2 Å². The Balaban J connectivity index is 1.46. The quantitative estimate of drug-likeness (QED) is 0.257. The molecule has 1 atom stereocenters. The van der Waals surface area contributed by atoms with Crippen LogP contribution in [0, 0.1) is 12.3 Å². The number of piperidine rings is 1. The average Bonchev–Trinajstić information content (AvgIpc) is 3.68. The van der Waals surface area contributed by atoms with Gasteiger partial charge in [0, 0.05) is 39.2 Å². The molecule has 1 saturated carbocycles. The van der Waals surface area contributed by atoms with Crippen LogP contribution in [0.15, 0.2) is 41.1 Å². The van der Waals surface area contributed by atoms with Crippen molar-refractivity contribution in [2.75, 3.05) is 38.7 Å². The summed E-state index contributed by atoms with van der Waals surface area (Å²) >= 11 is 1.27. The van der Waals surface area contributed by atoms with Crippen LogP contribution in [0.5, 0.6) is 5.75 Å². The van der Waals surface area contributed by atoms with Gasteiger partial charge in [0.05, 0.1) is 29.9 Å². The lowest BCUT2D eigenvalue weighted by molar-refractivity contribution is -0.150. The molecule has 5 rings (SSSR count). The number of aliphatic carboxylic acids is 1. The van der Waals surface area contributed by atoms with E-state index in [0.717, 1.165) is 44.3 Å². The Kier molecular flexibility index (Phi) is 9.78. The summed E-state index contributed by atoms with van der Waals surface area (Å²) in [4.78, 5) is 59.6. The zero-order valence-corrected chi connectivity index (χ0v) is 28.5. The summed E-state index contributed by atoms with van der Waals surface area (Å²) in [5, 5.41) is 10.4. The first kappa shape index (κ1) is 34.1. The van der Waals surface area contributed by atoms with E-state index in [0.29, 0.717) is 38.5 Å². The van der Waals surface area contributed by atoms with E-state index in [9.17, 15) is 24.3 Å². The molecule has 1 saturated heterocycles. The Morgan fingerprint density at radius 2 is 1.91 bits per heavy atom. The van der Waals surface area contributed by atoms with Gasteiger partial charge in [-0.15, -0.1) is 11.3 Å². The Hall–Kier alpha value is -4.23. The Morgan fingerprint density at radius 3 is 2.49 bits per heavy atom. The van der Waals surface area contributed by atoms with E-state index < -0.39 is 23.5 Å². The van der Waals surface area contributed by atoms with Crippen LogP contribution < -0.4 is 9.64 Å². The van der Waals surface area contributed by atoms with E-state index in [1.54, 1.807) is 21.0 Å². The highest BCUT2D eigenvalue weighted by Crippen LogP contribution is 2.52. The molecule has 3 amide bonds. The third kappa shape index (κ3) is 6.64. The maximum absolute atomic E-state index is 14.1. The summed E-state index contributed by atoms with van der Waals surface area (Å²) in [5.41, 5.74) is -0.0745. The number of rotatable bonds is 12. The second-order valence-corrected chi connectivity index (χ2v) is 14.0. The monoisotopic (exact) mass is 666 g/mol. The molecule has 13 heteroatoms. The number of para-hydroxylation sites is 1. The van der Waals surface area contributed by atoms with Crippen LogP contribution in [0.1, 0.15) is 74.0 Å². The van der Waals surface area contributed by atoms with E-state index in [1.165, 1.54) is 37.6 Å². The first-order valence-electron chi connectivity index (χ1n) is 15.6. The molecule has 252 valence electrons. The summed E-state index contributed by atoms with van der Waals surface area (Å²) in [6.45, 7) is 7.81. The van der Waals surface area contributed by atoms with Gasteiger partial charge >= 0.3 is 5.97 Å². The SMILES string of the molecule is COc1ccccc1C(CN(C)c1sc(-c2ncco2)c(C)c1C(=O)N(C=O)C(C)(C)C(=O)O)OC1CC2(CCN(C(C)=O)CC2)C1. The molecule has 2 aliphatic rings. The van der Waals surface area contributed by atoms with Gasteiger partial charge in [0.25, 0.3) is 5.91 Å². The number of amides is 3. The molecule has 2 aromatic heterocycles. The van der Waals surface area contributed by atoms with Crippen LogP contribution in [0.2, 0.25) is 0 Å². The number of thiophene rings is 1. The van der Waals surface area contributed by atoms with Gasteiger partial charge in [0.15, 0.2) is 0 Å². The molecule has 1 unspecified atom stereocenters. The highest BCUT2D eigenvalue weighted by atomic mass is 32.1. The van der Waals surface area contributed by atoms with Crippen molar-refractivity contribution < 1.29 is 38.2 Å². The Labute approximate surface area is 278 Å². The minimum atomic E-state index is -1.80. The van der Waals surface area contributed by atoms with Crippen LogP contribution in [-0.4, -0.2) is 89.5 Å². The highest BCUT2D eigenvalue weighted by molar-refractivity contribution is 7.20. The van der Waals surface area contributed by atoms with Gasteiger partial charge in [-0.05, 0) is 63.5 Å². The molecule has 2 fully saturated rings. The number of likely N-dealkylation sites (tertiary alicyclic amines) is 1. The topological polar surface area (TPSA) is 143 Å². The summed E-state index contributed by atoms with van der Waals surface area (Å²) in [7, 11) is 3.45. The number of carbonyl (C=O) groups is 4. The van der Waals surface area contributed by atoms with Crippen molar-refractivity contribution in [3.63, 3.8) is 0 Å². The molecular weight excluding hydrogens is 624 g/mol. The van der Waals surface area contributed by atoms with Crippen molar-refractivity contribution in [1.29, 1.82) is 0 Å². The fourth-order valence-electron chi connectivity index (χ4n) is 6.63. The number of anilines is 1. The molecule has 1 aliphatic heterocycles. The average molecular weight is 667 g/mol. The number of benzene rings is 1. The highest BCUT2D eigenvalue weighted by Gasteiger charge is 2.48. The van der Waals surface area contributed by atoms with Gasteiger partial charge < -0.3 is 28.8 Å². The number of hydrogen-bond donors (Lipinski definition) is 1. The molecule has 1 N–H and O–H groups in total. The normalized spacial score (nSPS) is 16.8. The lowest BCUT2D eigenvalue weighted by Crippen LogP contribution is -2.52. The summed E-state index contributed by atoms with van der Waals surface area (Å²) in [6.07, 6.45) is 6.44. The Bertz CT molecular complexity index is 1620. The van der Waals surface area contributed by atoms with Crippen molar-refractivity contribution in [3.8, 4) is 16.5 Å². The van der Waals surface area contributed by atoms with Crippen molar-refractivity contribution in [3.05, 3.63) is 53.4 Å². The van der Waals surface area contributed by atoms with E-state index in [-0.39, 0.29) is 29.4 Å². The molecule has 12 nitrogen and oxygen atoms in total. The number of carboxylic acids is 1. The predicted octanol–water partition coefficient (Wildman–Crippen LogP) is 5.17. The number of aromatic nitrogens is 1. The van der Waals surface area contributed by atoms with Gasteiger partial charge in [-0.1, -0.05) is 18.2 Å². The number of likely N-dealkylation sites (N-methyl/N-ethyl adjacent to an activating group) is 1. The minimum absolute atomic E-state index is 0.00170. The van der Waals surface area contributed by atoms with Crippen LogP contribution in [0.4, 0.5) is 5.00 Å². The number of imide groups is 1. The molecule has 0 radical (unpaired) electrons. The third-order valence-corrected chi connectivity index (χ3v) is 11.0. The molecule has 1 aromatic carbocycles. The molecule has 1 spiro atoms. The standard InChI is InChI=1S/C34H42N4O8S/c1-21-27(30(41)38(20-39)33(3,4)32(42)43)31(47-28(21)29-35-13-16-45-29)36(5)19-26(24-9-7-8-10-25(24)44-6)46-23-17-34(18-23)11-14-37(15-12-34)22(2)40/h7-10,13,16,20,23,26H,11-12,14-15,17-19H2,1-6H3,(H,42,43). The van der Waals surface area contributed by atoms with Crippen molar-refractivity contribution in [2.45, 2.75) is 71.1 Å². The number of nitrogens with zero attached hydrogens (tertiary/aromatic N) is 4. The largest absolute Gasteiger partial charge is 0.496 e. The summed E-state index contributed by atoms with van der Waals surface area (Å²) in [6, 6.07) is 7.66. The molecular formula is C34H42N4O8S. The van der Waals surface area contributed by atoms with E-state index in [2.05, 4.69) is 4.98 Å². The maximum Gasteiger partial charge on any atom is 0.329 e. The third-order valence-electron chi connectivity index (χ3n) is 9.64. The van der Waals surface area contributed by atoms with Crippen LogP contribution in [0.25, 0.3) is 10.8 Å². The maximum atomic E-state index is 14.1. The van der Waals surface area contributed by atoms with Gasteiger partial charge in [0.1, 0.15) is 28.7 Å². The van der Waals surface area contributed by atoms with Crippen molar-refractivity contribution in [1.82, 2.24) is 14.8 Å².